The number of aromatic nitrogens is 1. The van der Waals surface area contributed by atoms with Crippen LogP contribution in [-0.2, 0) is 0 Å². The van der Waals surface area contributed by atoms with Gasteiger partial charge in [-0.05, 0) is 43.5 Å². The number of alkyl halides is 2. The van der Waals surface area contributed by atoms with Gasteiger partial charge in [-0.15, -0.1) is 12.4 Å². The fourth-order valence-electron chi connectivity index (χ4n) is 4.07. The van der Waals surface area contributed by atoms with E-state index in [1.165, 1.54) is 0 Å². The molecule has 1 aromatic heterocycles. The number of hydrogen-bond acceptors (Lipinski definition) is 4. The molecular formula is C25H31ClF2N2O2. The Hall–Kier alpha value is -2.18. The summed E-state index contributed by atoms with van der Waals surface area (Å²) < 4.78 is 28.0. The van der Waals surface area contributed by atoms with Crippen LogP contribution >= 0.6 is 12.4 Å². The van der Waals surface area contributed by atoms with E-state index in [0.29, 0.717) is 43.5 Å². The van der Waals surface area contributed by atoms with E-state index in [1.807, 2.05) is 37.3 Å². The minimum Gasteiger partial charge on any atom is -0.311 e. The van der Waals surface area contributed by atoms with Crippen molar-refractivity contribution in [2.24, 2.45) is 5.92 Å². The molecule has 1 saturated heterocycles. The Morgan fingerprint density at radius 2 is 1.91 bits per heavy atom. The minimum absolute atomic E-state index is 0. The Morgan fingerprint density at radius 1 is 1.19 bits per heavy atom. The number of piperidine rings is 1. The molecule has 3 rings (SSSR count). The first-order valence-corrected chi connectivity index (χ1v) is 11.0. The van der Waals surface area contributed by atoms with Crippen LogP contribution in [0.4, 0.5) is 8.78 Å². The van der Waals surface area contributed by atoms with Crippen LogP contribution in [0.2, 0.25) is 0 Å². The van der Waals surface area contributed by atoms with Crippen molar-refractivity contribution in [3.8, 4) is 0 Å². The number of carbonyl (C=O) groups excluding carboxylic acids is 2. The molecule has 32 heavy (non-hydrogen) atoms. The van der Waals surface area contributed by atoms with Gasteiger partial charge in [0.15, 0.2) is 11.6 Å². The predicted molar refractivity (Wildman–Crippen MR) is 124 cm³/mol. The molecule has 1 aliphatic heterocycles. The van der Waals surface area contributed by atoms with Gasteiger partial charge in [0.25, 0.3) is 5.92 Å². The summed E-state index contributed by atoms with van der Waals surface area (Å²) in [6.45, 7) is 4.05. The van der Waals surface area contributed by atoms with Crippen molar-refractivity contribution in [3.05, 3.63) is 65.0 Å². The van der Waals surface area contributed by atoms with Crippen LogP contribution in [0.15, 0.2) is 42.5 Å². The smallest absolute Gasteiger partial charge is 0.263 e. The Labute approximate surface area is 194 Å². The molecule has 2 heterocycles. The van der Waals surface area contributed by atoms with Crippen LogP contribution in [-0.4, -0.2) is 35.6 Å². The summed E-state index contributed by atoms with van der Waals surface area (Å²) in [5, 5.41) is 2.73. The van der Waals surface area contributed by atoms with Gasteiger partial charge in [-0.2, -0.15) is 0 Å². The van der Waals surface area contributed by atoms with Gasteiger partial charge in [-0.3, -0.25) is 9.59 Å². The molecule has 0 radical (unpaired) electrons. The van der Waals surface area contributed by atoms with Gasteiger partial charge < -0.3 is 5.32 Å². The van der Waals surface area contributed by atoms with Crippen LogP contribution in [0.25, 0.3) is 0 Å². The molecule has 2 atom stereocenters. The highest BCUT2D eigenvalue weighted by atomic mass is 35.5. The first-order valence-electron chi connectivity index (χ1n) is 11.0. The van der Waals surface area contributed by atoms with E-state index in [-0.39, 0.29) is 48.6 Å². The molecule has 0 aliphatic carbocycles. The van der Waals surface area contributed by atoms with Crippen molar-refractivity contribution in [1.82, 2.24) is 10.3 Å². The van der Waals surface area contributed by atoms with Crippen molar-refractivity contribution in [2.45, 2.75) is 57.8 Å². The van der Waals surface area contributed by atoms with Gasteiger partial charge in [0.1, 0.15) is 5.69 Å². The maximum absolute atomic E-state index is 14.0. The number of rotatable bonds is 9. The standard InChI is InChI=1S/C25H30F2N2O2.ClH/c1-3-23(30)22-15-19(14-21(29-22)17(2)18-8-5-4-6-9-18)24(31)11-7-10-20-12-13-28-16-25(20,26)27;/h4-6,8-9,14-15,17,20,28H,3,7,10-13,16H2,1-2H3;1H/t17-,20-;/m0./s1. The fraction of sp³-hybridized carbons (Fsp3) is 0.480. The number of nitrogens with one attached hydrogen (secondary N) is 1. The van der Waals surface area contributed by atoms with E-state index in [2.05, 4.69) is 10.3 Å². The fourth-order valence-corrected chi connectivity index (χ4v) is 4.07. The Morgan fingerprint density at radius 3 is 2.56 bits per heavy atom. The summed E-state index contributed by atoms with van der Waals surface area (Å²) in [6, 6.07) is 13.1. The van der Waals surface area contributed by atoms with Gasteiger partial charge in [-0.25, -0.2) is 13.8 Å². The lowest BCUT2D eigenvalue weighted by atomic mass is 9.88. The maximum Gasteiger partial charge on any atom is 0.263 e. The lowest BCUT2D eigenvalue weighted by Gasteiger charge is -2.31. The van der Waals surface area contributed by atoms with Gasteiger partial charge >= 0.3 is 0 Å². The number of nitrogens with zero attached hydrogens (tertiary/aromatic N) is 1. The third-order valence-electron chi connectivity index (χ3n) is 6.10. The van der Waals surface area contributed by atoms with Gasteiger partial charge in [0, 0.05) is 35.9 Å². The third-order valence-corrected chi connectivity index (χ3v) is 6.10. The zero-order valence-corrected chi connectivity index (χ0v) is 19.4. The molecule has 0 amide bonds. The Balaban J connectivity index is 0.00000363. The Kier molecular flexibility index (Phi) is 9.47. The minimum atomic E-state index is -2.73. The van der Waals surface area contributed by atoms with Crippen LogP contribution < -0.4 is 5.32 Å². The highest BCUT2D eigenvalue weighted by molar-refractivity contribution is 6.00. The van der Waals surface area contributed by atoms with E-state index < -0.39 is 11.8 Å². The number of ketones is 2. The molecule has 0 spiro atoms. The van der Waals surface area contributed by atoms with E-state index in [1.54, 1.807) is 19.1 Å². The lowest BCUT2D eigenvalue weighted by molar-refractivity contribution is -0.0764. The third kappa shape index (κ3) is 6.42. The molecule has 2 aromatic rings. The normalized spacial score (nSPS) is 18.4. The van der Waals surface area contributed by atoms with Crippen LogP contribution in [0, 0.1) is 5.92 Å². The predicted octanol–water partition coefficient (Wildman–Crippen LogP) is 5.85. The quantitative estimate of drug-likeness (QED) is 0.473. The van der Waals surface area contributed by atoms with E-state index in [0.717, 1.165) is 5.56 Å². The average molecular weight is 465 g/mol. The van der Waals surface area contributed by atoms with Crippen molar-refractivity contribution < 1.29 is 18.4 Å². The molecule has 4 nitrogen and oxygen atoms in total. The van der Waals surface area contributed by atoms with Crippen molar-refractivity contribution >= 4 is 24.0 Å². The molecule has 1 aliphatic rings. The van der Waals surface area contributed by atoms with Gasteiger partial charge in [0.05, 0.1) is 6.54 Å². The average Bonchev–Trinajstić information content (AvgIpc) is 2.79. The second-order valence-electron chi connectivity index (χ2n) is 8.31. The molecule has 1 N–H and O–H groups in total. The van der Waals surface area contributed by atoms with Crippen LogP contribution in [0.1, 0.15) is 84.0 Å². The van der Waals surface area contributed by atoms with Crippen LogP contribution in [0.5, 0.6) is 0 Å². The highest BCUT2D eigenvalue weighted by Gasteiger charge is 2.40. The summed E-state index contributed by atoms with van der Waals surface area (Å²) in [4.78, 5) is 29.7. The number of benzene rings is 1. The van der Waals surface area contributed by atoms with Gasteiger partial charge in [0.2, 0.25) is 0 Å². The van der Waals surface area contributed by atoms with Crippen molar-refractivity contribution in [2.75, 3.05) is 13.1 Å². The number of halogens is 3. The number of Topliss-reactive ketones (excluding diaryl/α,β-unsaturated/α-hetero) is 2. The topological polar surface area (TPSA) is 59.1 Å². The van der Waals surface area contributed by atoms with E-state index in [4.69, 9.17) is 0 Å². The molecule has 0 unspecified atom stereocenters. The first-order chi connectivity index (χ1) is 14.8. The molecule has 1 aromatic carbocycles. The van der Waals surface area contributed by atoms with E-state index >= 15 is 0 Å². The molecule has 174 valence electrons. The SMILES string of the molecule is CCC(=O)c1cc(C(=O)CCC[C@H]2CCNCC2(F)F)cc([C@@H](C)c2ccccc2)n1.Cl. The monoisotopic (exact) mass is 464 g/mol. The molecule has 0 saturated carbocycles. The van der Waals surface area contributed by atoms with Crippen molar-refractivity contribution in [1.29, 1.82) is 0 Å². The molecule has 1 fully saturated rings. The number of pyridine rings is 1. The first kappa shape index (κ1) is 26.1. The summed E-state index contributed by atoms with van der Waals surface area (Å²) >= 11 is 0. The second kappa shape index (κ2) is 11.6. The largest absolute Gasteiger partial charge is 0.311 e. The summed E-state index contributed by atoms with van der Waals surface area (Å²) in [6.07, 6.45) is 1.63. The summed E-state index contributed by atoms with van der Waals surface area (Å²) in [7, 11) is 0. The molecule has 7 heteroatoms. The molecular weight excluding hydrogens is 434 g/mol. The molecule has 0 bridgehead atoms. The number of hydrogen-bond donors (Lipinski definition) is 1. The summed E-state index contributed by atoms with van der Waals surface area (Å²) in [5.74, 6) is -3.75. The lowest BCUT2D eigenvalue weighted by Crippen LogP contribution is -2.45. The zero-order valence-electron chi connectivity index (χ0n) is 18.6. The highest BCUT2D eigenvalue weighted by Crippen LogP contribution is 2.33. The van der Waals surface area contributed by atoms with Gasteiger partial charge in [-0.1, -0.05) is 44.2 Å². The van der Waals surface area contributed by atoms with Crippen molar-refractivity contribution in [3.63, 3.8) is 0 Å². The summed E-state index contributed by atoms with van der Waals surface area (Å²) in [5.41, 5.74) is 2.43. The number of carbonyl (C=O) groups is 2. The maximum atomic E-state index is 14.0. The second-order valence-corrected chi connectivity index (χ2v) is 8.31. The Bertz CT molecular complexity index is 921. The zero-order chi connectivity index (χ0) is 22.4. The van der Waals surface area contributed by atoms with Crippen LogP contribution in [0.3, 0.4) is 0 Å². The van der Waals surface area contributed by atoms with E-state index in [9.17, 15) is 18.4 Å².